The number of aryl methyl sites for hydroxylation is 1. The molecule has 2 rings (SSSR count). The maximum atomic E-state index is 12.8. The molecule has 2 aromatic carbocycles. The van der Waals surface area contributed by atoms with Crippen LogP contribution >= 0.6 is 21.7 Å². The van der Waals surface area contributed by atoms with Gasteiger partial charge in [-0.05, 0) is 63.5 Å². The van der Waals surface area contributed by atoms with Crippen LogP contribution in [0.4, 0.5) is 4.39 Å². The molecule has 0 fully saturated rings. The highest BCUT2D eigenvalue weighted by molar-refractivity contribution is 8.21. The fraction of sp³-hybridized carbons (Fsp3) is 0.200. The van der Waals surface area contributed by atoms with Crippen molar-refractivity contribution < 1.29 is 9.13 Å². The molecule has 0 aliphatic carbocycles. The summed E-state index contributed by atoms with van der Waals surface area (Å²) in [5.41, 5.74) is 2.14. The lowest BCUT2D eigenvalue weighted by Crippen LogP contribution is -1.97. The zero-order chi connectivity index (χ0) is 13.7. The first-order valence-electron chi connectivity index (χ1n) is 6.01. The number of ether oxygens (including phenoxy) is 1. The van der Waals surface area contributed by atoms with Crippen molar-refractivity contribution in [1.29, 1.82) is 0 Å². The predicted octanol–water partition coefficient (Wildman–Crippen LogP) is 5.21. The van der Waals surface area contributed by atoms with Gasteiger partial charge >= 0.3 is 0 Å². The molecule has 2 aromatic rings. The Bertz CT molecular complexity index is 542. The number of benzene rings is 2. The highest BCUT2D eigenvalue weighted by Gasteiger charge is 2.05. The summed E-state index contributed by atoms with van der Waals surface area (Å²) in [6.07, 6.45) is 0.961. The largest absolute Gasteiger partial charge is 0.488 e. The summed E-state index contributed by atoms with van der Waals surface area (Å²) in [5.74, 6) is 0.509. The standard InChI is InChI=1S/C15H14ClFOS/c1-2-11-5-8-14(15(9-11)19-16)18-10-12-3-6-13(17)7-4-12/h3-9H,2,10H2,1H3. The summed E-state index contributed by atoms with van der Waals surface area (Å²) in [5, 5.41) is 0. The molecular weight excluding hydrogens is 283 g/mol. The third kappa shape index (κ3) is 3.88. The van der Waals surface area contributed by atoms with Crippen molar-refractivity contribution in [3.05, 3.63) is 59.4 Å². The van der Waals surface area contributed by atoms with Crippen LogP contribution in [0.2, 0.25) is 0 Å². The van der Waals surface area contributed by atoms with Crippen LogP contribution in [0.3, 0.4) is 0 Å². The zero-order valence-electron chi connectivity index (χ0n) is 10.5. The molecule has 0 aliphatic rings. The molecule has 0 unspecified atom stereocenters. The monoisotopic (exact) mass is 296 g/mol. The first kappa shape index (κ1) is 14.2. The second kappa shape index (κ2) is 6.83. The van der Waals surface area contributed by atoms with E-state index in [1.54, 1.807) is 12.1 Å². The highest BCUT2D eigenvalue weighted by atomic mass is 35.7. The van der Waals surface area contributed by atoms with E-state index in [0.29, 0.717) is 6.61 Å². The van der Waals surface area contributed by atoms with Gasteiger partial charge in [0.05, 0.1) is 4.90 Å². The molecule has 4 heteroatoms. The first-order valence-corrected chi connectivity index (χ1v) is 7.66. The van der Waals surface area contributed by atoms with E-state index in [4.69, 9.17) is 15.4 Å². The van der Waals surface area contributed by atoms with E-state index in [2.05, 4.69) is 6.92 Å². The SMILES string of the molecule is CCc1ccc(OCc2ccc(F)cc2)c(SCl)c1. The minimum Gasteiger partial charge on any atom is -0.488 e. The Balaban J connectivity index is 2.08. The highest BCUT2D eigenvalue weighted by Crippen LogP contribution is 2.33. The zero-order valence-corrected chi connectivity index (χ0v) is 12.1. The van der Waals surface area contributed by atoms with Gasteiger partial charge in [-0.25, -0.2) is 4.39 Å². The van der Waals surface area contributed by atoms with E-state index in [1.807, 2.05) is 18.2 Å². The van der Waals surface area contributed by atoms with Gasteiger partial charge in [0.15, 0.2) is 0 Å². The Hall–Kier alpha value is -1.19. The third-order valence-electron chi connectivity index (χ3n) is 2.81. The minimum atomic E-state index is -0.243. The summed E-state index contributed by atoms with van der Waals surface area (Å²) < 4.78 is 18.5. The molecule has 0 spiro atoms. The van der Waals surface area contributed by atoms with Crippen LogP contribution in [0.5, 0.6) is 5.75 Å². The van der Waals surface area contributed by atoms with Crippen LogP contribution < -0.4 is 4.74 Å². The van der Waals surface area contributed by atoms with Crippen LogP contribution in [0.15, 0.2) is 47.4 Å². The van der Waals surface area contributed by atoms with Crippen molar-refractivity contribution in [2.75, 3.05) is 0 Å². The Morgan fingerprint density at radius 2 is 1.79 bits per heavy atom. The molecule has 0 radical (unpaired) electrons. The molecule has 0 aromatic heterocycles. The van der Waals surface area contributed by atoms with Crippen molar-refractivity contribution >= 4 is 21.7 Å². The molecule has 0 saturated heterocycles. The molecular formula is C15H14ClFOS. The lowest BCUT2D eigenvalue weighted by atomic mass is 10.2. The average Bonchev–Trinajstić information content (AvgIpc) is 2.46. The van der Waals surface area contributed by atoms with Crippen molar-refractivity contribution in [2.24, 2.45) is 0 Å². The molecule has 0 amide bonds. The van der Waals surface area contributed by atoms with Gasteiger partial charge in [-0.1, -0.05) is 25.1 Å². The normalized spacial score (nSPS) is 10.5. The van der Waals surface area contributed by atoms with Gasteiger partial charge in [-0.15, -0.1) is 0 Å². The maximum Gasteiger partial charge on any atom is 0.134 e. The number of hydrogen-bond donors (Lipinski definition) is 0. The summed E-state index contributed by atoms with van der Waals surface area (Å²) >= 11 is 0. The molecule has 0 bridgehead atoms. The topological polar surface area (TPSA) is 9.23 Å². The Morgan fingerprint density at radius 3 is 2.42 bits per heavy atom. The van der Waals surface area contributed by atoms with Gasteiger partial charge in [0, 0.05) is 0 Å². The lowest BCUT2D eigenvalue weighted by molar-refractivity contribution is 0.298. The second-order valence-corrected chi connectivity index (χ2v) is 5.18. The van der Waals surface area contributed by atoms with E-state index in [-0.39, 0.29) is 5.82 Å². The molecule has 100 valence electrons. The number of hydrogen-bond acceptors (Lipinski definition) is 2. The molecule has 0 aliphatic heterocycles. The van der Waals surface area contributed by atoms with Crippen LogP contribution in [-0.2, 0) is 13.0 Å². The fourth-order valence-corrected chi connectivity index (χ4v) is 2.45. The van der Waals surface area contributed by atoms with Gasteiger partial charge < -0.3 is 4.74 Å². The Morgan fingerprint density at radius 1 is 1.11 bits per heavy atom. The van der Waals surface area contributed by atoms with Crippen molar-refractivity contribution in [2.45, 2.75) is 24.8 Å². The Labute approximate surface area is 121 Å². The number of rotatable bonds is 5. The second-order valence-electron chi connectivity index (χ2n) is 4.13. The summed E-state index contributed by atoms with van der Waals surface area (Å²) in [6, 6.07) is 12.3. The van der Waals surface area contributed by atoms with Crippen LogP contribution in [0, 0.1) is 5.82 Å². The smallest absolute Gasteiger partial charge is 0.134 e. The van der Waals surface area contributed by atoms with E-state index < -0.39 is 0 Å². The summed E-state index contributed by atoms with van der Waals surface area (Å²) in [4.78, 5) is 0.906. The molecule has 1 nitrogen and oxygen atoms in total. The minimum absolute atomic E-state index is 0.243. The molecule has 0 atom stereocenters. The van der Waals surface area contributed by atoms with Crippen molar-refractivity contribution in [3.63, 3.8) is 0 Å². The maximum absolute atomic E-state index is 12.8. The van der Waals surface area contributed by atoms with Crippen LogP contribution in [0.25, 0.3) is 0 Å². The molecule has 0 saturated carbocycles. The number of halogens is 2. The predicted molar refractivity (Wildman–Crippen MR) is 78.3 cm³/mol. The van der Waals surface area contributed by atoms with E-state index in [1.165, 1.54) is 17.7 Å². The van der Waals surface area contributed by atoms with Gasteiger partial charge in [-0.3, -0.25) is 0 Å². The third-order valence-corrected chi connectivity index (χ3v) is 3.79. The van der Waals surface area contributed by atoms with Gasteiger partial charge in [0.2, 0.25) is 0 Å². The average molecular weight is 297 g/mol. The molecule has 0 N–H and O–H groups in total. The van der Waals surface area contributed by atoms with Crippen LogP contribution in [0.1, 0.15) is 18.1 Å². The fourth-order valence-electron chi connectivity index (χ4n) is 1.69. The first-order chi connectivity index (χ1) is 9.22. The Kier molecular flexibility index (Phi) is 5.11. The lowest BCUT2D eigenvalue weighted by Gasteiger charge is -2.10. The summed E-state index contributed by atoms with van der Waals surface area (Å²) in [6.45, 7) is 2.49. The van der Waals surface area contributed by atoms with Crippen molar-refractivity contribution in [3.8, 4) is 5.75 Å². The van der Waals surface area contributed by atoms with Gasteiger partial charge in [0.25, 0.3) is 0 Å². The summed E-state index contributed by atoms with van der Waals surface area (Å²) in [7, 11) is 7.00. The van der Waals surface area contributed by atoms with E-state index >= 15 is 0 Å². The van der Waals surface area contributed by atoms with Gasteiger partial charge in [-0.2, -0.15) is 0 Å². The van der Waals surface area contributed by atoms with Crippen molar-refractivity contribution in [1.82, 2.24) is 0 Å². The van der Waals surface area contributed by atoms with E-state index in [0.717, 1.165) is 33.6 Å². The molecule has 19 heavy (non-hydrogen) atoms. The van der Waals surface area contributed by atoms with E-state index in [9.17, 15) is 4.39 Å². The quantitative estimate of drug-likeness (QED) is 0.749. The molecule has 0 heterocycles. The van der Waals surface area contributed by atoms with Gasteiger partial charge in [0.1, 0.15) is 18.2 Å². The van der Waals surface area contributed by atoms with Crippen LogP contribution in [-0.4, -0.2) is 0 Å².